The molecule has 1 aromatic heterocycles. The van der Waals surface area contributed by atoms with Crippen LogP contribution in [0.25, 0.3) is 22.3 Å². The molecule has 2 aromatic carbocycles. The van der Waals surface area contributed by atoms with Crippen LogP contribution in [0, 0.1) is 6.92 Å². The van der Waals surface area contributed by atoms with Crippen molar-refractivity contribution < 1.29 is 0 Å². The van der Waals surface area contributed by atoms with Gasteiger partial charge in [-0.25, -0.2) is 9.97 Å². The molecule has 116 valence electrons. The van der Waals surface area contributed by atoms with Crippen LogP contribution in [-0.4, -0.2) is 23.1 Å². The molecule has 1 aliphatic heterocycles. The first kappa shape index (κ1) is 14.5. The molecule has 3 nitrogen and oxygen atoms in total. The van der Waals surface area contributed by atoms with E-state index in [-0.39, 0.29) is 0 Å². The van der Waals surface area contributed by atoms with Crippen LogP contribution in [0.3, 0.4) is 0 Å². The first-order valence-electron chi connectivity index (χ1n) is 8.01. The SMILES string of the molecule is Cc1cccc2nc(-c3ccccc3Cl)nc(N3CCCC3)c12. The third-order valence-electron chi connectivity index (χ3n) is 4.43. The first-order chi connectivity index (χ1) is 11.2. The fourth-order valence-corrected chi connectivity index (χ4v) is 3.47. The number of aromatic nitrogens is 2. The van der Waals surface area contributed by atoms with Gasteiger partial charge in [-0.3, -0.25) is 0 Å². The van der Waals surface area contributed by atoms with Gasteiger partial charge in [0.1, 0.15) is 5.82 Å². The average Bonchev–Trinajstić information content (AvgIpc) is 3.09. The molecule has 23 heavy (non-hydrogen) atoms. The topological polar surface area (TPSA) is 29.0 Å². The van der Waals surface area contributed by atoms with E-state index >= 15 is 0 Å². The molecule has 0 radical (unpaired) electrons. The van der Waals surface area contributed by atoms with E-state index in [2.05, 4.69) is 30.0 Å². The van der Waals surface area contributed by atoms with Crippen LogP contribution in [0.15, 0.2) is 42.5 Å². The van der Waals surface area contributed by atoms with Crippen LogP contribution in [0.4, 0.5) is 5.82 Å². The van der Waals surface area contributed by atoms with Gasteiger partial charge in [0.05, 0.1) is 10.5 Å². The number of aryl methyl sites for hydroxylation is 1. The Labute approximate surface area is 140 Å². The van der Waals surface area contributed by atoms with Crippen molar-refractivity contribution >= 4 is 28.3 Å². The van der Waals surface area contributed by atoms with Crippen molar-refractivity contribution in [3.8, 4) is 11.4 Å². The second-order valence-corrected chi connectivity index (χ2v) is 6.42. The van der Waals surface area contributed by atoms with E-state index in [0.29, 0.717) is 10.8 Å². The molecule has 3 aromatic rings. The Morgan fingerprint density at radius 1 is 0.957 bits per heavy atom. The molecule has 0 atom stereocenters. The van der Waals surface area contributed by atoms with E-state index < -0.39 is 0 Å². The highest BCUT2D eigenvalue weighted by molar-refractivity contribution is 6.33. The number of fused-ring (bicyclic) bond motifs is 1. The molecule has 4 heteroatoms. The molecule has 1 fully saturated rings. The van der Waals surface area contributed by atoms with Gasteiger partial charge in [0, 0.05) is 24.0 Å². The summed E-state index contributed by atoms with van der Waals surface area (Å²) in [6.07, 6.45) is 2.44. The van der Waals surface area contributed by atoms with E-state index in [1.54, 1.807) is 0 Å². The summed E-state index contributed by atoms with van der Waals surface area (Å²) in [6, 6.07) is 14.0. The number of anilines is 1. The molecule has 0 N–H and O–H groups in total. The minimum atomic E-state index is 0.687. The third-order valence-corrected chi connectivity index (χ3v) is 4.76. The van der Waals surface area contributed by atoms with Crippen molar-refractivity contribution in [3.05, 3.63) is 53.1 Å². The molecule has 0 saturated carbocycles. The lowest BCUT2D eigenvalue weighted by Gasteiger charge is -2.20. The number of benzene rings is 2. The predicted molar refractivity (Wildman–Crippen MR) is 96.2 cm³/mol. The van der Waals surface area contributed by atoms with Crippen LogP contribution in [0.2, 0.25) is 5.02 Å². The maximum atomic E-state index is 6.36. The Kier molecular flexibility index (Phi) is 3.66. The number of rotatable bonds is 2. The summed E-state index contributed by atoms with van der Waals surface area (Å²) in [7, 11) is 0. The Hall–Kier alpha value is -2.13. The summed E-state index contributed by atoms with van der Waals surface area (Å²) in [5, 5.41) is 1.84. The summed E-state index contributed by atoms with van der Waals surface area (Å²) in [5.74, 6) is 1.75. The summed E-state index contributed by atoms with van der Waals surface area (Å²) < 4.78 is 0. The largest absolute Gasteiger partial charge is 0.356 e. The molecule has 0 spiro atoms. The van der Waals surface area contributed by atoms with Gasteiger partial charge in [0.25, 0.3) is 0 Å². The van der Waals surface area contributed by atoms with Crippen LogP contribution >= 0.6 is 11.6 Å². The highest BCUT2D eigenvalue weighted by Gasteiger charge is 2.20. The number of nitrogens with zero attached hydrogens (tertiary/aromatic N) is 3. The summed E-state index contributed by atoms with van der Waals surface area (Å²) in [4.78, 5) is 12.1. The molecule has 1 aliphatic rings. The minimum absolute atomic E-state index is 0.687. The van der Waals surface area contributed by atoms with Gasteiger partial charge in [-0.2, -0.15) is 0 Å². The standard InChI is InChI=1S/C19H18ClN3/c1-13-7-6-10-16-17(13)19(23-11-4-5-12-23)22-18(21-16)14-8-2-3-9-15(14)20/h2-3,6-10H,4-5,11-12H2,1H3. The number of hydrogen-bond donors (Lipinski definition) is 0. The lowest BCUT2D eigenvalue weighted by atomic mass is 10.1. The van der Waals surface area contributed by atoms with Crippen LogP contribution in [0.5, 0.6) is 0 Å². The lowest BCUT2D eigenvalue weighted by Crippen LogP contribution is -2.20. The smallest absolute Gasteiger partial charge is 0.163 e. The quantitative estimate of drug-likeness (QED) is 0.674. The molecule has 2 heterocycles. The molecule has 0 aliphatic carbocycles. The van der Waals surface area contributed by atoms with Crippen molar-refractivity contribution in [1.82, 2.24) is 9.97 Å². The van der Waals surface area contributed by atoms with Crippen molar-refractivity contribution in [1.29, 1.82) is 0 Å². The average molecular weight is 324 g/mol. The maximum Gasteiger partial charge on any atom is 0.163 e. The minimum Gasteiger partial charge on any atom is -0.356 e. The van der Waals surface area contributed by atoms with E-state index in [0.717, 1.165) is 35.4 Å². The highest BCUT2D eigenvalue weighted by Crippen LogP contribution is 2.33. The van der Waals surface area contributed by atoms with Gasteiger partial charge in [-0.1, -0.05) is 35.9 Å². The van der Waals surface area contributed by atoms with Crippen molar-refractivity contribution in [2.75, 3.05) is 18.0 Å². The van der Waals surface area contributed by atoms with E-state index in [1.807, 2.05) is 24.3 Å². The summed E-state index contributed by atoms with van der Waals surface area (Å²) >= 11 is 6.36. The van der Waals surface area contributed by atoms with Gasteiger partial charge in [0.2, 0.25) is 0 Å². The van der Waals surface area contributed by atoms with E-state index in [9.17, 15) is 0 Å². The predicted octanol–water partition coefficient (Wildman–Crippen LogP) is 4.86. The zero-order chi connectivity index (χ0) is 15.8. The molecular formula is C19H18ClN3. The zero-order valence-electron chi connectivity index (χ0n) is 13.1. The van der Waals surface area contributed by atoms with Gasteiger partial charge < -0.3 is 4.90 Å². The summed E-state index contributed by atoms with van der Waals surface area (Å²) in [5.41, 5.74) is 3.09. The Morgan fingerprint density at radius 3 is 2.52 bits per heavy atom. The first-order valence-corrected chi connectivity index (χ1v) is 8.39. The van der Waals surface area contributed by atoms with Crippen LogP contribution < -0.4 is 4.90 Å². The Morgan fingerprint density at radius 2 is 1.74 bits per heavy atom. The molecular weight excluding hydrogens is 306 g/mol. The monoisotopic (exact) mass is 323 g/mol. The number of hydrogen-bond acceptors (Lipinski definition) is 3. The van der Waals surface area contributed by atoms with Gasteiger partial charge in [0.15, 0.2) is 5.82 Å². The van der Waals surface area contributed by atoms with Crippen molar-refractivity contribution in [2.24, 2.45) is 0 Å². The summed E-state index contributed by atoms with van der Waals surface area (Å²) in [6.45, 7) is 4.24. The van der Waals surface area contributed by atoms with E-state index in [1.165, 1.54) is 18.4 Å². The highest BCUT2D eigenvalue weighted by atomic mass is 35.5. The second kappa shape index (κ2) is 5.82. The molecule has 0 unspecified atom stereocenters. The van der Waals surface area contributed by atoms with Crippen LogP contribution in [0.1, 0.15) is 18.4 Å². The Bertz CT molecular complexity index is 870. The van der Waals surface area contributed by atoms with Crippen molar-refractivity contribution in [3.63, 3.8) is 0 Å². The third kappa shape index (κ3) is 2.55. The molecule has 0 amide bonds. The van der Waals surface area contributed by atoms with Gasteiger partial charge in [-0.05, 0) is 43.5 Å². The fourth-order valence-electron chi connectivity index (χ4n) is 3.25. The second-order valence-electron chi connectivity index (χ2n) is 6.01. The molecule has 1 saturated heterocycles. The normalized spacial score (nSPS) is 14.6. The van der Waals surface area contributed by atoms with E-state index in [4.69, 9.17) is 21.6 Å². The van der Waals surface area contributed by atoms with Crippen LogP contribution in [-0.2, 0) is 0 Å². The molecule has 4 rings (SSSR count). The zero-order valence-corrected chi connectivity index (χ0v) is 13.8. The van der Waals surface area contributed by atoms with Gasteiger partial charge >= 0.3 is 0 Å². The Balaban J connectivity index is 1.99. The maximum absolute atomic E-state index is 6.36. The van der Waals surface area contributed by atoms with Crippen molar-refractivity contribution in [2.45, 2.75) is 19.8 Å². The number of halogens is 1. The fraction of sp³-hybridized carbons (Fsp3) is 0.263. The van der Waals surface area contributed by atoms with Gasteiger partial charge in [-0.15, -0.1) is 0 Å². The lowest BCUT2D eigenvalue weighted by molar-refractivity contribution is 0.940. The molecule has 0 bridgehead atoms.